The zero-order valence-electron chi connectivity index (χ0n) is 8.34. The molecule has 1 unspecified atom stereocenters. The Hall–Kier alpha value is -1.47. The van der Waals surface area contributed by atoms with Crippen molar-refractivity contribution in [2.45, 2.75) is 17.7 Å². The minimum absolute atomic E-state index is 0.178. The van der Waals surface area contributed by atoms with Crippen molar-refractivity contribution in [3.05, 3.63) is 29.6 Å². The first kappa shape index (κ1) is 12.6. The van der Waals surface area contributed by atoms with Crippen molar-refractivity contribution in [3.8, 4) is 0 Å². The highest BCUT2D eigenvalue weighted by atomic mass is 32.2. The van der Waals surface area contributed by atoms with Gasteiger partial charge >= 0.3 is 5.97 Å². The molecule has 0 radical (unpaired) electrons. The van der Waals surface area contributed by atoms with E-state index in [9.17, 15) is 17.6 Å². The van der Waals surface area contributed by atoms with Crippen LogP contribution in [0.3, 0.4) is 0 Å². The summed E-state index contributed by atoms with van der Waals surface area (Å²) in [4.78, 5) is 9.98. The van der Waals surface area contributed by atoms with Crippen LogP contribution >= 0.6 is 0 Å². The fourth-order valence-corrected chi connectivity index (χ4v) is 1.75. The molecule has 0 bridgehead atoms. The van der Waals surface area contributed by atoms with Gasteiger partial charge in [-0.1, -0.05) is 6.07 Å². The smallest absolute Gasteiger partial charge is 0.310 e. The largest absolute Gasteiger partial charge is 0.481 e. The molecule has 3 N–H and O–H groups in total. The highest BCUT2D eigenvalue weighted by Gasteiger charge is 2.19. The Morgan fingerprint density at radius 3 is 2.44 bits per heavy atom. The maximum atomic E-state index is 13.3. The first-order chi connectivity index (χ1) is 7.23. The van der Waals surface area contributed by atoms with Crippen LogP contribution in [0.5, 0.6) is 0 Å². The minimum atomic E-state index is -4.12. The molecule has 1 aromatic carbocycles. The van der Waals surface area contributed by atoms with Crippen LogP contribution in [0.15, 0.2) is 23.1 Å². The minimum Gasteiger partial charge on any atom is -0.481 e. The summed E-state index contributed by atoms with van der Waals surface area (Å²) in [6.45, 7) is 1.37. The summed E-state index contributed by atoms with van der Waals surface area (Å²) in [5.41, 5.74) is 0.178. The Morgan fingerprint density at radius 1 is 1.50 bits per heavy atom. The predicted molar refractivity (Wildman–Crippen MR) is 53.8 cm³/mol. The van der Waals surface area contributed by atoms with Gasteiger partial charge in [0, 0.05) is 0 Å². The van der Waals surface area contributed by atoms with E-state index in [4.69, 9.17) is 10.2 Å². The summed E-state index contributed by atoms with van der Waals surface area (Å²) in [6, 6.07) is 3.04. The van der Waals surface area contributed by atoms with Gasteiger partial charge in [0.1, 0.15) is 10.7 Å². The SMILES string of the molecule is CC(C(=O)O)c1ccc(S(N)(=O)=O)c(F)c1. The van der Waals surface area contributed by atoms with Crippen molar-refractivity contribution >= 4 is 16.0 Å². The molecule has 1 aromatic rings. The summed E-state index contributed by atoms with van der Waals surface area (Å²) >= 11 is 0. The molecule has 7 heteroatoms. The molecule has 0 amide bonds. The van der Waals surface area contributed by atoms with Crippen molar-refractivity contribution in [2.75, 3.05) is 0 Å². The Bertz CT molecular complexity index is 526. The van der Waals surface area contributed by atoms with Crippen LogP contribution in [0, 0.1) is 5.82 Å². The van der Waals surface area contributed by atoms with E-state index in [2.05, 4.69) is 0 Å². The normalized spacial score (nSPS) is 13.4. The van der Waals surface area contributed by atoms with Gasteiger partial charge in [-0.15, -0.1) is 0 Å². The molecule has 0 aromatic heterocycles. The number of halogens is 1. The molecule has 1 rings (SSSR count). The second-order valence-electron chi connectivity index (χ2n) is 3.29. The van der Waals surface area contributed by atoms with Crippen LogP contribution < -0.4 is 5.14 Å². The standard InChI is InChI=1S/C9H10FNO4S/c1-5(9(12)13)6-2-3-8(7(10)4-6)16(11,14)15/h2-5H,1H3,(H,12,13)(H2,11,14,15). The van der Waals surface area contributed by atoms with E-state index in [0.717, 1.165) is 12.1 Å². The van der Waals surface area contributed by atoms with Gasteiger partial charge < -0.3 is 5.11 Å². The number of primary sulfonamides is 1. The maximum Gasteiger partial charge on any atom is 0.310 e. The topological polar surface area (TPSA) is 97.5 Å². The molecule has 0 saturated heterocycles. The fourth-order valence-electron chi connectivity index (χ4n) is 1.16. The molecule has 1 atom stereocenters. The molecular weight excluding hydrogens is 237 g/mol. The molecule has 0 fully saturated rings. The monoisotopic (exact) mass is 247 g/mol. The number of rotatable bonds is 3. The molecule has 16 heavy (non-hydrogen) atoms. The Labute approximate surface area is 91.7 Å². The van der Waals surface area contributed by atoms with Crippen LogP contribution in [-0.4, -0.2) is 19.5 Å². The van der Waals surface area contributed by atoms with Gasteiger partial charge in [-0.2, -0.15) is 0 Å². The average molecular weight is 247 g/mol. The molecule has 0 aliphatic heterocycles. The van der Waals surface area contributed by atoms with Gasteiger partial charge in [-0.05, 0) is 24.6 Å². The molecular formula is C9H10FNO4S. The lowest BCUT2D eigenvalue weighted by Gasteiger charge is -2.08. The molecule has 0 spiro atoms. The molecule has 5 nitrogen and oxygen atoms in total. The summed E-state index contributed by atoms with van der Waals surface area (Å²) in [5, 5.41) is 13.4. The summed E-state index contributed by atoms with van der Waals surface area (Å²) < 4.78 is 35.1. The molecule has 0 aliphatic rings. The van der Waals surface area contributed by atoms with Crippen LogP contribution in [0.2, 0.25) is 0 Å². The van der Waals surface area contributed by atoms with Crippen molar-refractivity contribution in [1.82, 2.24) is 0 Å². The van der Waals surface area contributed by atoms with Gasteiger partial charge in [-0.25, -0.2) is 17.9 Å². The lowest BCUT2D eigenvalue weighted by atomic mass is 10.0. The number of aliphatic carboxylic acids is 1. The van der Waals surface area contributed by atoms with Crippen LogP contribution in [0.4, 0.5) is 4.39 Å². The zero-order chi connectivity index (χ0) is 12.5. The quantitative estimate of drug-likeness (QED) is 0.819. The Morgan fingerprint density at radius 2 is 2.06 bits per heavy atom. The van der Waals surface area contributed by atoms with Gasteiger partial charge in [0.05, 0.1) is 5.92 Å². The van der Waals surface area contributed by atoms with Crippen LogP contribution in [0.1, 0.15) is 18.4 Å². The van der Waals surface area contributed by atoms with Crippen molar-refractivity contribution in [1.29, 1.82) is 0 Å². The zero-order valence-corrected chi connectivity index (χ0v) is 9.16. The number of hydrogen-bond donors (Lipinski definition) is 2. The van der Waals surface area contributed by atoms with Crippen molar-refractivity contribution in [2.24, 2.45) is 5.14 Å². The highest BCUT2D eigenvalue weighted by molar-refractivity contribution is 7.89. The van der Waals surface area contributed by atoms with Crippen LogP contribution in [0.25, 0.3) is 0 Å². The summed E-state index contributed by atoms with van der Waals surface area (Å²) in [6.07, 6.45) is 0. The van der Waals surface area contributed by atoms with E-state index >= 15 is 0 Å². The van der Waals surface area contributed by atoms with Gasteiger partial charge in [0.25, 0.3) is 0 Å². The maximum absolute atomic E-state index is 13.3. The molecule has 88 valence electrons. The predicted octanol–water partition coefficient (Wildman–Crippen LogP) is 0.661. The third-order valence-electron chi connectivity index (χ3n) is 2.13. The first-order valence-electron chi connectivity index (χ1n) is 4.28. The Kier molecular flexibility index (Phi) is 3.30. The van der Waals surface area contributed by atoms with E-state index in [1.54, 1.807) is 0 Å². The number of sulfonamides is 1. The number of hydrogen-bond acceptors (Lipinski definition) is 3. The number of benzene rings is 1. The molecule has 0 saturated carbocycles. The summed E-state index contributed by atoms with van der Waals surface area (Å²) in [5.74, 6) is -3.08. The Balaban J connectivity index is 3.25. The van der Waals surface area contributed by atoms with E-state index < -0.39 is 32.6 Å². The third-order valence-corrected chi connectivity index (χ3v) is 3.08. The van der Waals surface area contributed by atoms with Crippen LogP contribution in [-0.2, 0) is 14.8 Å². The lowest BCUT2D eigenvalue weighted by molar-refractivity contribution is -0.138. The third kappa shape index (κ3) is 2.56. The second-order valence-corrected chi connectivity index (χ2v) is 4.82. The molecule has 0 heterocycles. The van der Waals surface area contributed by atoms with E-state index in [-0.39, 0.29) is 5.56 Å². The van der Waals surface area contributed by atoms with E-state index in [1.165, 1.54) is 13.0 Å². The van der Waals surface area contributed by atoms with Gasteiger partial charge in [0.15, 0.2) is 0 Å². The number of carboxylic acids is 1. The summed E-state index contributed by atoms with van der Waals surface area (Å²) in [7, 11) is -4.12. The highest BCUT2D eigenvalue weighted by Crippen LogP contribution is 2.20. The molecule has 0 aliphatic carbocycles. The number of nitrogens with two attached hydrogens (primary N) is 1. The van der Waals surface area contributed by atoms with E-state index in [0.29, 0.717) is 0 Å². The number of carboxylic acid groups (broad SMARTS) is 1. The fraction of sp³-hybridized carbons (Fsp3) is 0.222. The average Bonchev–Trinajstić information content (AvgIpc) is 2.14. The number of carbonyl (C=O) groups is 1. The van der Waals surface area contributed by atoms with Gasteiger partial charge in [-0.3, -0.25) is 4.79 Å². The van der Waals surface area contributed by atoms with Crippen molar-refractivity contribution in [3.63, 3.8) is 0 Å². The lowest BCUT2D eigenvalue weighted by Crippen LogP contribution is -2.15. The van der Waals surface area contributed by atoms with E-state index in [1.807, 2.05) is 0 Å². The van der Waals surface area contributed by atoms with Crippen molar-refractivity contribution < 1.29 is 22.7 Å². The van der Waals surface area contributed by atoms with Gasteiger partial charge in [0.2, 0.25) is 10.0 Å². The second kappa shape index (κ2) is 4.18. The first-order valence-corrected chi connectivity index (χ1v) is 5.83.